The topological polar surface area (TPSA) is 70.6 Å². The van der Waals surface area contributed by atoms with Crippen molar-refractivity contribution in [1.82, 2.24) is 5.32 Å². The van der Waals surface area contributed by atoms with Gasteiger partial charge in [-0.25, -0.2) is 0 Å². The Kier molecular flexibility index (Phi) is 4.72. The zero-order chi connectivity index (χ0) is 16.9. The van der Waals surface area contributed by atoms with Crippen LogP contribution >= 0.6 is 11.6 Å². The Morgan fingerprint density at radius 3 is 2.79 bits per heavy atom. The van der Waals surface area contributed by atoms with E-state index < -0.39 is 6.04 Å². The average Bonchev–Trinajstić information content (AvgIpc) is 2.73. The number of anilines is 1. The second-order valence-electron chi connectivity index (χ2n) is 5.16. The molecule has 0 saturated heterocycles. The van der Waals surface area contributed by atoms with E-state index >= 15 is 0 Å². The van der Waals surface area contributed by atoms with Crippen LogP contribution in [0.15, 0.2) is 59.6 Å². The number of nitrogens with one attached hydrogen (secondary N) is 2. The van der Waals surface area contributed by atoms with Gasteiger partial charge in [0.25, 0.3) is 5.91 Å². The van der Waals surface area contributed by atoms with E-state index in [9.17, 15) is 9.59 Å². The summed E-state index contributed by atoms with van der Waals surface area (Å²) in [5, 5.41) is 5.81. The van der Waals surface area contributed by atoms with Crippen LogP contribution in [0.1, 0.15) is 5.56 Å². The number of fused-ring (bicyclic) bond motifs is 1. The SMILES string of the molecule is O=C(/C=C/c1ccccc1)N[C@H]1C=Nc2ccc(Cl)cc2NC1=O. The second kappa shape index (κ2) is 7.10. The highest BCUT2D eigenvalue weighted by molar-refractivity contribution is 6.31. The highest BCUT2D eigenvalue weighted by Gasteiger charge is 2.21. The van der Waals surface area contributed by atoms with Gasteiger partial charge < -0.3 is 10.6 Å². The first kappa shape index (κ1) is 16.0. The third-order valence-electron chi connectivity index (χ3n) is 3.39. The Hall–Kier alpha value is -2.92. The fourth-order valence-electron chi connectivity index (χ4n) is 2.19. The lowest BCUT2D eigenvalue weighted by atomic mass is 10.2. The molecule has 3 rings (SSSR count). The van der Waals surface area contributed by atoms with E-state index in [1.807, 2.05) is 30.3 Å². The van der Waals surface area contributed by atoms with Crippen molar-refractivity contribution >= 4 is 47.1 Å². The number of carbonyl (C=O) groups is 2. The molecule has 24 heavy (non-hydrogen) atoms. The molecule has 2 amide bonds. The molecule has 0 saturated carbocycles. The van der Waals surface area contributed by atoms with E-state index in [0.717, 1.165) is 5.56 Å². The van der Waals surface area contributed by atoms with Crippen LogP contribution in [0.2, 0.25) is 5.02 Å². The molecule has 6 heteroatoms. The zero-order valence-corrected chi connectivity index (χ0v) is 13.3. The van der Waals surface area contributed by atoms with Crippen molar-refractivity contribution in [1.29, 1.82) is 0 Å². The van der Waals surface area contributed by atoms with Gasteiger partial charge in [0.15, 0.2) is 0 Å². The number of carbonyl (C=O) groups excluding carboxylic acids is 2. The number of aliphatic imine (C=N–C) groups is 1. The maximum atomic E-state index is 12.2. The number of hydrogen-bond donors (Lipinski definition) is 2. The van der Waals surface area contributed by atoms with Crippen molar-refractivity contribution in [2.45, 2.75) is 6.04 Å². The van der Waals surface area contributed by atoms with Gasteiger partial charge in [-0.1, -0.05) is 41.9 Å². The molecule has 0 fully saturated rings. The van der Waals surface area contributed by atoms with Gasteiger partial charge in [-0.15, -0.1) is 0 Å². The quantitative estimate of drug-likeness (QED) is 0.843. The third kappa shape index (κ3) is 3.88. The van der Waals surface area contributed by atoms with Crippen molar-refractivity contribution in [3.63, 3.8) is 0 Å². The van der Waals surface area contributed by atoms with Gasteiger partial charge in [0.1, 0.15) is 6.04 Å². The molecule has 2 N–H and O–H groups in total. The molecule has 0 aromatic heterocycles. The number of halogens is 1. The number of hydrogen-bond acceptors (Lipinski definition) is 3. The number of rotatable bonds is 3. The summed E-state index contributed by atoms with van der Waals surface area (Å²) in [6.45, 7) is 0. The maximum absolute atomic E-state index is 12.2. The smallest absolute Gasteiger partial charge is 0.252 e. The molecule has 0 spiro atoms. The summed E-state index contributed by atoms with van der Waals surface area (Å²) in [4.78, 5) is 28.4. The highest BCUT2D eigenvalue weighted by atomic mass is 35.5. The van der Waals surface area contributed by atoms with E-state index in [4.69, 9.17) is 11.6 Å². The minimum atomic E-state index is -0.857. The predicted octanol–water partition coefficient (Wildman–Crippen LogP) is 3.19. The first-order chi connectivity index (χ1) is 11.6. The number of benzene rings is 2. The molecule has 1 atom stereocenters. The lowest BCUT2D eigenvalue weighted by Crippen LogP contribution is -2.43. The Morgan fingerprint density at radius 2 is 2.00 bits per heavy atom. The monoisotopic (exact) mass is 339 g/mol. The standard InChI is InChI=1S/C18H14ClN3O2/c19-13-7-8-14-15(10-13)22-18(24)16(11-20-14)21-17(23)9-6-12-4-2-1-3-5-12/h1-11,16H,(H,21,23)(H,22,24)/b9-6+/t16-/m0/s1. The molecule has 1 aliphatic heterocycles. The van der Waals surface area contributed by atoms with Gasteiger partial charge in [0.05, 0.1) is 11.4 Å². The molecule has 1 heterocycles. The van der Waals surface area contributed by atoms with Gasteiger partial charge in [0, 0.05) is 17.3 Å². The van der Waals surface area contributed by atoms with Crippen LogP contribution in [0.25, 0.3) is 6.08 Å². The molecule has 0 bridgehead atoms. The van der Waals surface area contributed by atoms with E-state index in [2.05, 4.69) is 15.6 Å². The van der Waals surface area contributed by atoms with Crippen LogP contribution in [0.5, 0.6) is 0 Å². The third-order valence-corrected chi connectivity index (χ3v) is 3.62. The summed E-state index contributed by atoms with van der Waals surface area (Å²) < 4.78 is 0. The van der Waals surface area contributed by atoms with Crippen LogP contribution in [0.3, 0.4) is 0 Å². The van der Waals surface area contributed by atoms with Gasteiger partial charge >= 0.3 is 0 Å². The van der Waals surface area contributed by atoms with Gasteiger partial charge in [-0.05, 0) is 29.8 Å². The average molecular weight is 340 g/mol. The Morgan fingerprint density at radius 1 is 1.21 bits per heavy atom. The molecule has 120 valence electrons. The maximum Gasteiger partial charge on any atom is 0.252 e. The molecular formula is C18H14ClN3O2. The van der Waals surface area contributed by atoms with E-state index in [1.54, 1.807) is 24.3 Å². The van der Waals surface area contributed by atoms with E-state index in [0.29, 0.717) is 16.4 Å². The van der Waals surface area contributed by atoms with Gasteiger partial charge in [-0.2, -0.15) is 0 Å². The minimum Gasteiger partial charge on any atom is -0.336 e. The Labute approximate surface area is 144 Å². The second-order valence-corrected chi connectivity index (χ2v) is 5.60. The summed E-state index contributed by atoms with van der Waals surface area (Å²) in [7, 11) is 0. The van der Waals surface area contributed by atoms with Crippen molar-refractivity contribution < 1.29 is 9.59 Å². The van der Waals surface area contributed by atoms with Crippen LogP contribution in [0, 0.1) is 0 Å². The molecule has 0 aliphatic carbocycles. The fourth-order valence-corrected chi connectivity index (χ4v) is 2.37. The molecule has 5 nitrogen and oxygen atoms in total. The summed E-state index contributed by atoms with van der Waals surface area (Å²) >= 11 is 5.92. The number of nitrogens with zero attached hydrogens (tertiary/aromatic N) is 1. The summed E-state index contributed by atoms with van der Waals surface area (Å²) in [6, 6.07) is 13.6. The molecular weight excluding hydrogens is 326 g/mol. The van der Waals surface area contributed by atoms with Crippen LogP contribution in [-0.4, -0.2) is 24.1 Å². The van der Waals surface area contributed by atoms with Crippen LogP contribution < -0.4 is 10.6 Å². The van der Waals surface area contributed by atoms with E-state index in [-0.39, 0.29) is 11.8 Å². The first-order valence-corrected chi connectivity index (χ1v) is 7.68. The lowest BCUT2D eigenvalue weighted by Gasteiger charge is -2.11. The number of amides is 2. The van der Waals surface area contributed by atoms with Crippen LogP contribution in [-0.2, 0) is 9.59 Å². The molecule has 1 aliphatic rings. The first-order valence-electron chi connectivity index (χ1n) is 7.30. The van der Waals surface area contributed by atoms with Crippen molar-refractivity contribution in [2.75, 3.05) is 5.32 Å². The van der Waals surface area contributed by atoms with Crippen LogP contribution in [0.4, 0.5) is 11.4 Å². The zero-order valence-electron chi connectivity index (χ0n) is 12.6. The Balaban J connectivity index is 1.69. The van der Waals surface area contributed by atoms with Crippen molar-refractivity contribution in [3.05, 3.63) is 65.2 Å². The summed E-state index contributed by atoms with van der Waals surface area (Å²) in [5.41, 5.74) is 2.00. The predicted molar refractivity (Wildman–Crippen MR) is 95.6 cm³/mol. The van der Waals surface area contributed by atoms with Gasteiger partial charge in [0.2, 0.25) is 5.91 Å². The summed E-state index contributed by atoms with van der Waals surface area (Å²) in [5.74, 6) is -0.754. The molecule has 0 unspecified atom stereocenters. The van der Waals surface area contributed by atoms with E-state index in [1.165, 1.54) is 12.3 Å². The minimum absolute atomic E-state index is 0.374. The Bertz CT molecular complexity index is 831. The lowest BCUT2D eigenvalue weighted by molar-refractivity contribution is -0.122. The van der Waals surface area contributed by atoms with Crippen molar-refractivity contribution in [3.8, 4) is 0 Å². The summed E-state index contributed by atoms with van der Waals surface area (Å²) in [6.07, 6.45) is 4.46. The largest absolute Gasteiger partial charge is 0.336 e. The van der Waals surface area contributed by atoms with Crippen molar-refractivity contribution in [2.24, 2.45) is 4.99 Å². The van der Waals surface area contributed by atoms with Gasteiger partial charge in [-0.3, -0.25) is 14.6 Å². The highest BCUT2D eigenvalue weighted by Crippen LogP contribution is 2.29. The molecule has 2 aromatic rings. The normalized spacial score (nSPS) is 16.4. The molecule has 0 radical (unpaired) electrons. The fraction of sp³-hybridized carbons (Fsp3) is 0.0556. The molecule has 2 aromatic carbocycles.